The first-order valence-corrected chi connectivity index (χ1v) is 15.6. The molecular formula is C31H44N8O3. The Balaban J connectivity index is 1.13. The number of ether oxygens (including phenoxy) is 1. The second-order valence-electron chi connectivity index (χ2n) is 12.1. The Hall–Kier alpha value is -3.44. The van der Waals surface area contributed by atoms with Crippen LogP contribution in [-0.4, -0.2) is 79.2 Å². The summed E-state index contributed by atoms with van der Waals surface area (Å²) in [4.78, 5) is 39.6. The van der Waals surface area contributed by atoms with E-state index in [1.165, 1.54) is 25.7 Å². The normalized spacial score (nSPS) is 24.7. The fraction of sp³-hybridized carbons (Fsp3) is 0.613. The SMILES string of the molecule is CC[C@@H]1C(=O)N(C)c2cnc(Nc3ccc(C(=O)NC4CC(NC5CCNCC5)C4)cc3OC)nc2N1C1CCCC1. The van der Waals surface area contributed by atoms with Gasteiger partial charge in [0.05, 0.1) is 19.0 Å². The molecule has 2 aliphatic carbocycles. The van der Waals surface area contributed by atoms with E-state index in [4.69, 9.17) is 9.72 Å². The lowest BCUT2D eigenvalue weighted by Gasteiger charge is -2.43. The molecule has 2 aliphatic heterocycles. The van der Waals surface area contributed by atoms with Crippen LogP contribution in [0.25, 0.3) is 0 Å². The van der Waals surface area contributed by atoms with Gasteiger partial charge in [0.15, 0.2) is 5.82 Å². The summed E-state index contributed by atoms with van der Waals surface area (Å²) in [5, 5.41) is 13.6. The Morgan fingerprint density at radius 3 is 2.57 bits per heavy atom. The topological polar surface area (TPSA) is 124 Å². The number of fused-ring (bicyclic) bond motifs is 1. The minimum Gasteiger partial charge on any atom is -0.495 e. The number of carbonyl (C=O) groups is 2. The summed E-state index contributed by atoms with van der Waals surface area (Å²) in [6, 6.07) is 6.70. The maximum Gasteiger partial charge on any atom is 0.251 e. The first kappa shape index (κ1) is 28.7. The zero-order valence-corrected chi connectivity index (χ0v) is 25.0. The van der Waals surface area contributed by atoms with Crippen LogP contribution in [0.15, 0.2) is 24.4 Å². The van der Waals surface area contributed by atoms with Crippen LogP contribution in [-0.2, 0) is 4.79 Å². The number of hydrogen-bond donors (Lipinski definition) is 4. The standard InChI is InChI=1S/C31H44N8O3/c1-4-25-30(41)38(2)26-18-33-31(37-28(26)39(25)23-7-5-6-8-23)36-24-10-9-19(15-27(24)42-3)29(40)35-22-16-21(17-22)34-20-11-13-32-14-12-20/h9-10,15,18,20-23,25,32,34H,4-8,11-14,16-17H2,1-3H3,(H,35,40)(H,33,36,37)/t21?,22?,25-/m1/s1. The molecule has 3 fully saturated rings. The van der Waals surface area contributed by atoms with E-state index in [0.29, 0.717) is 41.1 Å². The molecule has 3 heterocycles. The Morgan fingerprint density at radius 1 is 1.10 bits per heavy atom. The Bertz CT molecular complexity index is 1290. The van der Waals surface area contributed by atoms with Gasteiger partial charge in [-0.2, -0.15) is 4.98 Å². The number of rotatable bonds is 9. The highest BCUT2D eigenvalue weighted by Gasteiger charge is 2.41. The van der Waals surface area contributed by atoms with Gasteiger partial charge in [0.1, 0.15) is 17.5 Å². The molecule has 1 aromatic carbocycles. The zero-order chi connectivity index (χ0) is 29.2. The van der Waals surface area contributed by atoms with Crippen molar-refractivity contribution >= 4 is 35.0 Å². The van der Waals surface area contributed by atoms with Crippen molar-refractivity contribution in [3.05, 3.63) is 30.0 Å². The summed E-state index contributed by atoms with van der Waals surface area (Å²) in [6.07, 6.45) is 11.1. The Labute approximate surface area is 248 Å². The van der Waals surface area contributed by atoms with E-state index in [9.17, 15) is 9.59 Å². The molecule has 0 bridgehead atoms. The molecule has 11 nitrogen and oxygen atoms in total. The van der Waals surface area contributed by atoms with Crippen molar-refractivity contribution in [1.29, 1.82) is 0 Å². The number of anilines is 4. The van der Waals surface area contributed by atoms with Gasteiger partial charge in [0.25, 0.3) is 5.91 Å². The van der Waals surface area contributed by atoms with E-state index in [2.05, 4.69) is 38.1 Å². The fourth-order valence-corrected chi connectivity index (χ4v) is 6.96. The number of benzene rings is 1. The van der Waals surface area contributed by atoms with Gasteiger partial charge in [-0.15, -0.1) is 0 Å². The molecule has 2 saturated carbocycles. The fourth-order valence-electron chi connectivity index (χ4n) is 6.96. The van der Waals surface area contributed by atoms with Gasteiger partial charge in [-0.05, 0) is 76.2 Å². The number of methoxy groups -OCH3 is 1. The third-order valence-corrected chi connectivity index (χ3v) is 9.41. The lowest BCUT2D eigenvalue weighted by molar-refractivity contribution is -0.120. The molecule has 2 amide bonds. The van der Waals surface area contributed by atoms with E-state index < -0.39 is 0 Å². The van der Waals surface area contributed by atoms with E-state index in [1.54, 1.807) is 37.4 Å². The van der Waals surface area contributed by atoms with Crippen molar-refractivity contribution < 1.29 is 14.3 Å². The van der Waals surface area contributed by atoms with Gasteiger partial charge in [-0.1, -0.05) is 19.8 Å². The van der Waals surface area contributed by atoms with Crippen LogP contribution >= 0.6 is 0 Å². The van der Waals surface area contributed by atoms with Crippen molar-refractivity contribution in [2.45, 2.75) is 94.9 Å². The number of amides is 2. The highest BCUT2D eigenvalue weighted by atomic mass is 16.5. The zero-order valence-electron chi connectivity index (χ0n) is 25.0. The molecule has 226 valence electrons. The summed E-state index contributed by atoms with van der Waals surface area (Å²) in [5.41, 5.74) is 1.95. The van der Waals surface area contributed by atoms with E-state index in [1.807, 2.05) is 6.07 Å². The summed E-state index contributed by atoms with van der Waals surface area (Å²) < 4.78 is 5.66. The molecule has 2 aromatic rings. The molecule has 1 saturated heterocycles. The maximum atomic E-state index is 13.2. The minimum atomic E-state index is -0.230. The van der Waals surface area contributed by atoms with Crippen molar-refractivity contribution in [1.82, 2.24) is 25.9 Å². The van der Waals surface area contributed by atoms with Crippen LogP contribution in [0.4, 0.5) is 23.1 Å². The monoisotopic (exact) mass is 576 g/mol. The first-order chi connectivity index (χ1) is 20.4. The molecule has 4 N–H and O–H groups in total. The summed E-state index contributed by atoms with van der Waals surface area (Å²) in [6.45, 7) is 4.21. The summed E-state index contributed by atoms with van der Waals surface area (Å²) >= 11 is 0. The van der Waals surface area contributed by atoms with E-state index >= 15 is 0 Å². The molecule has 1 atom stereocenters. The van der Waals surface area contributed by atoms with E-state index in [-0.39, 0.29) is 23.9 Å². The molecule has 0 unspecified atom stereocenters. The Morgan fingerprint density at radius 2 is 1.86 bits per heavy atom. The maximum absolute atomic E-state index is 13.2. The Kier molecular flexibility index (Phi) is 8.48. The van der Waals surface area contributed by atoms with Crippen molar-refractivity contribution in [3.63, 3.8) is 0 Å². The quantitative estimate of drug-likeness (QED) is 0.356. The smallest absolute Gasteiger partial charge is 0.251 e. The van der Waals surface area contributed by atoms with Crippen molar-refractivity contribution in [2.24, 2.45) is 0 Å². The molecule has 4 aliphatic rings. The van der Waals surface area contributed by atoms with E-state index in [0.717, 1.165) is 56.7 Å². The number of likely N-dealkylation sites (N-methyl/N-ethyl adjacent to an activating group) is 1. The van der Waals surface area contributed by atoms with Crippen LogP contribution in [0.3, 0.4) is 0 Å². The lowest BCUT2D eigenvalue weighted by Crippen LogP contribution is -2.56. The molecule has 11 heteroatoms. The van der Waals surface area contributed by atoms with Crippen LogP contribution in [0.1, 0.15) is 75.1 Å². The number of carbonyl (C=O) groups excluding carboxylic acids is 2. The number of nitrogens with zero attached hydrogens (tertiary/aromatic N) is 4. The lowest BCUT2D eigenvalue weighted by atomic mass is 9.85. The van der Waals surface area contributed by atoms with Gasteiger partial charge in [-0.25, -0.2) is 4.98 Å². The van der Waals surface area contributed by atoms with Gasteiger partial charge in [0.2, 0.25) is 11.9 Å². The highest BCUT2D eigenvalue weighted by Crippen LogP contribution is 2.40. The highest BCUT2D eigenvalue weighted by molar-refractivity contribution is 6.04. The minimum absolute atomic E-state index is 0.0900. The summed E-state index contributed by atoms with van der Waals surface area (Å²) in [7, 11) is 3.39. The average Bonchev–Trinajstić information content (AvgIpc) is 3.53. The van der Waals surface area contributed by atoms with Crippen LogP contribution in [0.2, 0.25) is 0 Å². The van der Waals surface area contributed by atoms with Crippen molar-refractivity contribution in [2.75, 3.05) is 42.4 Å². The first-order valence-electron chi connectivity index (χ1n) is 15.6. The second kappa shape index (κ2) is 12.4. The predicted molar refractivity (Wildman–Crippen MR) is 164 cm³/mol. The molecular weight excluding hydrogens is 532 g/mol. The largest absolute Gasteiger partial charge is 0.495 e. The number of piperidine rings is 1. The number of hydrogen-bond acceptors (Lipinski definition) is 9. The predicted octanol–water partition coefficient (Wildman–Crippen LogP) is 3.34. The molecule has 0 radical (unpaired) electrons. The van der Waals surface area contributed by atoms with Crippen LogP contribution in [0, 0.1) is 0 Å². The van der Waals surface area contributed by atoms with Gasteiger partial charge in [0, 0.05) is 36.8 Å². The third-order valence-electron chi connectivity index (χ3n) is 9.41. The van der Waals surface area contributed by atoms with Gasteiger partial charge >= 0.3 is 0 Å². The molecule has 0 spiro atoms. The molecule has 6 rings (SSSR count). The second-order valence-corrected chi connectivity index (χ2v) is 12.1. The third kappa shape index (κ3) is 5.76. The van der Waals surface area contributed by atoms with Crippen LogP contribution < -0.4 is 35.8 Å². The summed E-state index contributed by atoms with van der Waals surface area (Å²) in [5.74, 6) is 1.74. The van der Waals surface area contributed by atoms with Gasteiger partial charge in [-0.3, -0.25) is 9.59 Å². The number of aromatic nitrogens is 2. The van der Waals surface area contributed by atoms with Crippen molar-refractivity contribution in [3.8, 4) is 5.75 Å². The number of nitrogens with one attached hydrogen (secondary N) is 4. The van der Waals surface area contributed by atoms with Gasteiger partial charge < -0.3 is 35.8 Å². The van der Waals surface area contributed by atoms with Crippen LogP contribution in [0.5, 0.6) is 5.75 Å². The molecule has 1 aromatic heterocycles. The average molecular weight is 577 g/mol. The molecule has 42 heavy (non-hydrogen) atoms.